The highest BCUT2D eigenvalue weighted by molar-refractivity contribution is 7.97. The molecule has 2 aromatic heterocycles. The number of carbonyl (C=O) groups is 1. The predicted molar refractivity (Wildman–Crippen MR) is 124 cm³/mol. The first kappa shape index (κ1) is 21.2. The molecule has 0 bridgehead atoms. The molecule has 3 aromatic rings. The fourth-order valence-electron chi connectivity index (χ4n) is 3.65. The van der Waals surface area contributed by atoms with Crippen LogP contribution >= 0.6 is 11.9 Å². The Hall–Kier alpha value is -3.01. The number of piperazine rings is 1. The van der Waals surface area contributed by atoms with Gasteiger partial charge in [-0.2, -0.15) is 0 Å². The number of fused-ring (bicyclic) bond motifs is 1. The number of hydrazine groups is 1. The van der Waals surface area contributed by atoms with Crippen molar-refractivity contribution in [3.63, 3.8) is 0 Å². The molecule has 1 saturated heterocycles. The minimum Gasteiger partial charge on any atom is -0.403 e. The molecule has 1 aromatic carbocycles. The third kappa shape index (κ3) is 4.39. The number of pyridine rings is 1. The lowest BCUT2D eigenvalue weighted by molar-refractivity contribution is 0.0942. The molecule has 9 heteroatoms. The van der Waals surface area contributed by atoms with E-state index in [4.69, 9.17) is 11.6 Å². The molecule has 1 aliphatic heterocycles. The van der Waals surface area contributed by atoms with Gasteiger partial charge in [-0.3, -0.25) is 9.78 Å². The number of benzene rings is 1. The lowest BCUT2D eigenvalue weighted by atomic mass is 10.1. The van der Waals surface area contributed by atoms with E-state index in [9.17, 15) is 4.79 Å². The van der Waals surface area contributed by atoms with Gasteiger partial charge in [-0.25, -0.2) is 10.1 Å². The summed E-state index contributed by atoms with van der Waals surface area (Å²) in [5.74, 6) is 5.84. The first-order chi connectivity index (χ1) is 15.0. The molecular weight excluding hydrogens is 410 g/mol. The van der Waals surface area contributed by atoms with Crippen LogP contribution in [-0.4, -0.2) is 44.4 Å². The topological polar surface area (TPSA) is 105 Å². The Bertz CT molecular complexity index is 1130. The molecule has 0 radical (unpaired) electrons. The maximum absolute atomic E-state index is 13.0. The van der Waals surface area contributed by atoms with Crippen molar-refractivity contribution in [2.45, 2.75) is 18.4 Å². The van der Waals surface area contributed by atoms with Crippen LogP contribution in [0, 0.1) is 6.92 Å². The van der Waals surface area contributed by atoms with Crippen LogP contribution in [0.1, 0.15) is 21.7 Å². The average molecular weight is 438 g/mol. The molecule has 0 saturated carbocycles. The fraction of sp³-hybridized carbons (Fsp3) is 0.273. The molecule has 8 nitrogen and oxygen atoms in total. The van der Waals surface area contributed by atoms with E-state index in [1.807, 2.05) is 54.9 Å². The van der Waals surface area contributed by atoms with Gasteiger partial charge in [-0.1, -0.05) is 18.2 Å². The Balaban J connectivity index is 1.47. The molecule has 1 aliphatic rings. The summed E-state index contributed by atoms with van der Waals surface area (Å²) in [5, 5.41) is 5.78. The van der Waals surface area contributed by atoms with Crippen molar-refractivity contribution in [1.29, 1.82) is 0 Å². The molecule has 0 aliphatic carbocycles. The number of nitrogens with zero attached hydrogens (tertiary/aromatic N) is 4. The third-order valence-electron chi connectivity index (χ3n) is 5.61. The highest BCUT2D eigenvalue weighted by Crippen LogP contribution is 2.30. The van der Waals surface area contributed by atoms with Gasteiger partial charge in [0.15, 0.2) is 0 Å². The second-order valence-corrected chi connectivity index (χ2v) is 8.65. The lowest BCUT2D eigenvalue weighted by Crippen LogP contribution is -2.45. The number of amides is 1. The van der Waals surface area contributed by atoms with Crippen LogP contribution in [0.25, 0.3) is 10.9 Å². The Kier molecular flexibility index (Phi) is 6.17. The number of nitrogens with one attached hydrogen (secondary N) is 1. The van der Waals surface area contributed by atoms with Crippen LogP contribution < -0.4 is 16.9 Å². The summed E-state index contributed by atoms with van der Waals surface area (Å²) >= 11 is 1.63. The van der Waals surface area contributed by atoms with E-state index in [-0.39, 0.29) is 5.91 Å². The van der Waals surface area contributed by atoms with Gasteiger partial charge in [0.25, 0.3) is 5.91 Å². The summed E-state index contributed by atoms with van der Waals surface area (Å²) < 4.78 is 4.14. The smallest absolute Gasteiger partial charge is 0.268 e. The van der Waals surface area contributed by atoms with Gasteiger partial charge in [0.2, 0.25) is 0 Å². The van der Waals surface area contributed by atoms with Crippen LogP contribution in [0.3, 0.4) is 0 Å². The van der Waals surface area contributed by atoms with Crippen LogP contribution in [0.2, 0.25) is 0 Å². The first-order valence-electron chi connectivity index (χ1n) is 10.1. The zero-order valence-corrected chi connectivity index (χ0v) is 18.5. The summed E-state index contributed by atoms with van der Waals surface area (Å²) in [6, 6.07) is 11.8. The molecule has 162 valence electrons. The highest BCUT2D eigenvalue weighted by Gasteiger charge is 2.22. The van der Waals surface area contributed by atoms with Crippen molar-refractivity contribution in [3.8, 4) is 0 Å². The van der Waals surface area contributed by atoms with E-state index < -0.39 is 0 Å². The first-order valence-corrected chi connectivity index (χ1v) is 10.9. The van der Waals surface area contributed by atoms with Gasteiger partial charge < -0.3 is 20.6 Å². The number of hydrogen-bond acceptors (Lipinski definition) is 7. The Labute approximate surface area is 186 Å². The second kappa shape index (κ2) is 9.01. The molecule has 3 heterocycles. The summed E-state index contributed by atoms with van der Waals surface area (Å²) in [6.07, 6.45) is 3.32. The van der Waals surface area contributed by atoms with Crippen molar-refractivity contribution in [2.75, 3.05) is 19.6 Å². The van der Waals surface area contributed by atoms with Crippen molar-refractivity contribution in [1.82, 2.24) is 24.2 Å². The maximum atomic E-state index is 13.0. The summed E-state index contributed by atoms with van der Waals surface area (Å²) in [5.41, 5.74) is 10.2. The summed E-state index contributed by atoms with van der Waals surface area (Å²) in [7, 11) is 1.92. The molecule has 0 spiro atoms. The lowest BCUT2D eigenvalue weighted by Gasteiger charge is -2.34. The van der Waals surface area contributed by atoms with Crippen molar-refractivity contribution < 1.29 is 4.79 Å². The summed E-state index contributed by atoms with van der Waals surface area (Å²) in [4.78, 5) is 18.4. The van der Waals surface area contributed by atoms with Crippen molar-refractivity contribution in [2.24, 2.45) is 18.6 Å². The van der Waals surface area contributed by atoms with E-state index in [0.29, 0.717) is 25.3 Å². The number of aromatic nitrogens is 2. The Morgan fingerprint density at radius 1 is 1.29 bits per heavy atom. The number of carbonyl (C=O) groups excluding carboxylic acids is 1. The van der Waals surface area contributed by atoms with E-state index in [1.54, 1.807) is 29.4 Å². The van der Waals surface area contributed by atoms with Gasteiger partial charge in [0, 0.05) is 55.1 Å². The average Bonchev–Trinajstić information content (AvgIpc) is 3.07. The summed E-state index contributed by atoms with van der Waals surface area (Å²) in [6.45, 7) is 4.63. The standard InChI is InChI=1S/C22H27N7OS/c1-15-21(31-28-9-10-29(24)17(12-23)14-28)11-20(27(15)2)22(30)26-13-16-5-3-7-19-18(16)6-4-8-25-19/h3-8,11-12H,9-10,13-14,23-24H2,1-2H3,(H,26,30)/b17-12-. The monoisotopic (exact) mass is 437 g/mol. The molecular formula is C22H27N7OS. The van der Waals surface area contributed by atoms with Crippen LogP contribution in [-0.2, 0) is 13.6 Å². The molecule has 4 rings (SSSR count). The molecule has 0 atom stereocenters. The van der Waals surface area contributed by atoms with E-state index in [2.05, 4.69) is 14.6 Å². The molecule has 31 heavy (non-hydrogen) atoms. The SMILES string of the molecule is Cc1c(SN2CCN(N)/C(=C\N)C2)cc(C(=O)NCc2cccc3ncccc23)n1C. The van der Waals surface area contributed by atoms with E-state index in [0.717, 1.165) is 39.3 Å². The van der Waals surface area contributed by atoms with Crippen molar-refractivity contribution >= 4 is 28.8 Å². The number of hydrogen-bond donors (Lipinski definition) is 3. The predicted octanol–water partition coefficient (Wildman–Crippen LogP) is 2.11. The van der Waals surface area contributed by atoms with Gasteiger partial charge in [-0.05, 0) is 42.6 Å². The minimum absolute atomic E-state index is 0.104. The van der Waals surface area contributed by atoms with Crippen molar-refractivity contribution in [3.05, 3.63) is 71.4 Å². The quantitative estimate of drug-likeness (QED) is 0.415. The molecule has 0 unspecified atom stereocenters. The van der Waals surface area contributed by atoms with Gasteiger partial charge in [-0.15, -0.1) is 0 Å². The van der Waals surface area contributed by atoms with Crippen LogP contribution in [0.5, 0.6) is 0 Å². The molecule has 1 fully saturated rings. The molecule has 5 N–H and O–H groups in total. The van der Waals surface area contributed by atoms with Crippen LogP contribution in [0.15, 0.2) is 59.4 Å². The molecule has 1 amide bonds. The highest BCUT2D eigenvalue weighted by atomic mass is 32.2. The third-order valence-corrected chi connectivity index (χ3v) is 6.79. The normalized spacial score (nSPS) is 16.2. The van der Waals surface area contributed by atoms with Gasteiger partial charge in [0.05, 0.1) is 17.8 Å². The van der Waals surface area contributed by atoms with E-state index in [1.165, 1.54) is 0 Å². The number of nitrogens with two attached hydrogens (primary N) is 2. The minimum atomic E-state index is -0.104. The van der Waals surface area contributed by atoms with E-state index >= 15 is 0 Å². The number of rotatable bonds is 5. The second-order valence-electron chi connectivity index (χ2n) is 7.51. The Morgan fingerprint density at radius 2 is 2.13 bits per heavy atom. The Morgan fingerprint density at radius 3 is 2.94 bits per heavy atom. The largest absolute Gasteiger partial charge is 0.403 e. The maximum Gasteiger partial charge on any atom is 0.268 e. The fourth-order valence-corrected chi connectivity index (χ4v) is 4.73. The zero-order chi connectivity index (χ0) is 22.0. The van der Waals surface area contributed by atoms with Gasteiger partial charge >= 0.3 is 0 Å². The zero-order valence-electron chi connectivity index (χ0n) is 17.7. The van der Waals surface area contributed by atoms with Crippen LogP contribution in [0.4, 0.5) is 0 Å². The van der Waals surface area contributed by atoms with Gasteiger partial charge in [0.1, 0.15) is 5.69 Å².